The molecule has 0 saturated carbocycles. The van der Waals surface area contributed by atoms with Gasteiger partial charge in [-0.2, -0.15) is 6.67 Å². The van der Waals surface area contributed by atoms with Crippen molar-refractivity contribution in [3.05, 3.63) is 95.1 Å². The molecule has 4 nitrogen and oxygen atoms in total. The summed E-state index contributed by atoms with van der Waals surface area (Å²) >= 11 is -1.81. The molecule has 0 radical (unpaired) electrons. The fraction of sp³-hybridized carbons (Fsp3) is 0.512. The first kappa shape index (κ1) is 41.8. The first-order valence-electron chi connectivity index (χ1n) is 17.7. The molecule has 0 atom stereocenters. The standard InChI is InChI=1S/C27H39N2.C14H20NO.3ClH.Ru/c1-18(2)22-11-9-12-23(19(3)4)26(22)28-15-16-29(17-28)27-24(20(5)6)13-10-14-25(27)21(7)8;1-12-6-4-5-7-14(12)16-13-8-10-15(2,3)11-9-13;;;;/h9-14,17-21H,15-16H2,1-8H3;1,4-7,13H,8-11H2,2-3H3;3*1H;/q-1;+1;;;;+2/p-3. The molecular weight excluding hydrogens is 758 g/mol. The number of likely N-dealkylation sites (tertiary alicyclic amines) is 1. The summed E-state index contributed by atoms with van der Waals surface area (Å²) in [5.74, 6) is 2.97. The van der Waals surface area contributed by atoms with Crippen molar-refractivity contribution >= 4 is 35.4 Å². The summed E-state index contributed by atoms with van der Waals surface area (Å²) in [4.78, 5) is 5.01. The number of benzene rings is 3. The van der Waals surface area contributed by atoms with Crippen molar-refractivity contribution < 1.29 is 35.1 Å². The molecule has 2 heterocycles. The van der Waals surface area contributed by atoms with E-state index < -0.39 is 13.5 Å². The minimum atomic E-state index is -1.81. The Labute approximate surface area is 317 Å². The van der Waals surface area contributed by atoms with E-state index in [9.17, 15) is 0 Å². The number of quaternary nitrogens is 1. The van der Waals surface area contributed by atoms with Crippen LogP contribution in [0.4, 0.5) is 11.4 Å². The van der Waals surface area contributed by atoms with Crippen LogP contribution in [-0.4, -0.2) is 55.5 Å². The molecule has 0 aromatic heterocycles. The van der Waals surface area contributed by atoms with E-state index in [0.29, 0.717) is 29.8 Å². The third-order valence-electron chi connectivity index (χ3n) is 9.63. The average molecular weight is 817 g/mol. The number of halogens is 3. The molecule has 0 bridgehead atoms. The number of hydrogen-bond donors (Lipinski definition) is 0. The molecule has 49 heavy (non-hydrogen) atoms. The summed E-state index contributed by atoms with van der Waals surface area (Å²) in [7, 11) is 16.5. The second kappa shape index (κ2) is 18.7. The maximum Gasteiger partial charge on any atom is -1.00 e. The van der Waals surface area contributed by atoms with Gasteiger partial charge >= 0.3 is 128 Å². The predicted octanol–water partition coefficient (Wildman–Crippen LogP) is 8.01. The van der Waals surface area contributed by atoms with E-state index in [1.165, 1.54) is 46.7 Å². The van der Waals surface area contributed by atoms with Crippen LogP contribution in [0.1, 0.15) is 120 Å². The summed E-state index contributed by atoms with van der Waals surface area (Å²) < 4.78 is 9.18. The van der Waals surface area contributed by atoms with Crippen molar-refractivity contribution in [2.45, 2.75) is 98.0 Å². The first-order chi connectivity index (χ1) is 22.7. The SMILES string of the molecule is CC(C)c1cccc(C(C)C)c1N1[CH-]N(c2c(C(C)C)cccc2C(C)C)CC1.C[N+]1(C)CCC(Oc2ccccc2[CH]=[Ru]([Cl])[Cl])CC1.[Cl-]. The van der Waals surface area contributed by atoms with Crippen molar-refractivity contribution in [1.82, 2.24) is 0 Å². The van der Waals surface area contributed by atoms with Crippen molar-refractivity contribution in [3.8, 4) is 5.75 Å². The Hall–Kier alpha value is -1.62. The second-order valence-corrected chi connectivity index (χ2v) is 21.0. The average Bonchev–Trinajstić information content (AvgIpc) is 3.52. The number of para-hydroxylation sites is 3. The third kappa shape index (κ3) is 11.2. The Morgan fingerprint density at radius 1 is 0.694 bits per heavy atom. The van der Waals surface area contributed by atoms with Gasteiger partial charge in [-0.15, -0.1) is 0 Å². The van der Waals surface area contributed by atoms with Gasteiger partial charge in [-0.05, 0) is 45.9 Å². The van der Waals surface area contributed by atoms with Crippen LogP contribution in [0.3, 0.4) is 0 Å². The smallest absolute Gasteiger partial charge is 1.00 e. The van der Waals surface area contributed by atoms with E-state index in [2.05, 4.69) is 122 Å². The zero-order chi connectivity index (χ0) is 35.2. The van der Waals surface area contributed by atoms with Crippen molar-refractivity contribution in [2.24, 2.45) is 0 Å². The Balaban J connectivity index is 0.000000283. The van der Waals surface area contributed by atoms with Crippen LogP contribution >= 0.6 is 19.4 Å². The fourth-order valence-electron chi connectivity index (χ4n) is 6.82. The molecule has 8 heteroatoms. The van der Waals surface area contributed by atoms with Crippen LogP contribution in [0.5, 0.6) is 5.75 Å². The number of rotatable bonds is 9. The number of anilines is 2. The van der Waals surface area contributed by atoms with Crippen LogP contribution in [0.15, 0.2) is 60.7 Å². The summed E-state index contributed by atoms with van der Waals surface area (Å²) in [6.45, 7) is 25.2. The molecule has 0 N–H and O–H groups in total. The maximum atomic E-state index is 6.15. The van der Waals surface area contributed by atoms with E-state index in [-0.39, 0.29) is 12.4 Å². The number of piperidine rings is 1. The Morgan fingerprint density at radius 3 is 1.49 bits per heavy atom. The van der Waals surface area contributed by atoms with Crippen LogP contribution in [0, 0.1) is 6.67 Å². The Morgan fingerprint density at radius 2 is 1.10 bits per heavy atom. The van der Waals surface area contributed by atoms with Crippen molar-refractivity contribution in [1.29, 1.82) is 0 Å². The molecule has 274 valence electrons. The Kier molecular flexibility index (Phi) is 16.0. The minimum Gasteiger partial charge on any atom is -1.00 e. The molecule has 2 aliphatic rings. The Bertz CT molecular complexity index is 1400. The number of ether oxygens (including phenoxy) is 1. The topological polar surface area (TPSA) is 15.7 Å². The van der Waals surface area contributed by atoms with Gasteiger partial charge in [0.15, 0.2) is 0 Å². The van der Waals surface area contributed by atoms with Crippen LogP contribution in [0.25, 0.3) is 0 Å². The van der Waals surface area contributed by atoms with Gasteiger partial charge in [-0.25, -0.2) is 0 Å². The van der Waals surface area contributed by atoms with Gasteiger partial charge in [0.1, 0.15) is 0 Å². The van der Waals surface area contributed by atoms with E-state index in [1.807, 2.05) is 28.9 Å². The van der Waals surface area contributed by atoms with Gasteiger partial charge in [-0.3, -0.25) is 0 Å². The van der Waals surface area contributed by atoms with Gasteiger partial charge in [0.05, 0.1) is 0 Å². The molecule has 2 aliphatic heterocycles. The molecule has 3 aromatic carbocycles. The van der Waals surface area contributed by atoms with E-state index in [0.717, 1.165) is 41.7 Å². The predicted molar refractivity (Wildman–Crippen MR) is 207 cm³/mol. The molecule has 0 amide bonds. The van der Waals surface area contributed by atoms with E-state index >= 15 is 0 Å². The fourth-order valence-corrected chi connectivity index (χ4v) is 8.63. The number of hydrogen-bond acceptors (Lipinski definition) is 3. The zero-order valence-electron chi connectivity index (χ0n) is 31.3. The quantitative estimate of drug-likeness (QED) is 0.124. The summed E-state index contributed by atoms with van der Waals surface area (Å²) in [6.07, 6.45) is 2.52. The second-order valence-electron chi connectivity index (χ2n) is 15.2. The van der Waals surface area contributed by atoms with E-state index in [4.69, 9.17) is 24.1 Å². The minimum absolute atomic E-state index is 0. The van der Waals surface area contributed by atoms with Crippen molar-refractivity contribution in [2.75, 3.05) is 50.1 Å². The molecule has 2 fully saturated rings. The van der Waals surface area contributed by atoms with Gasteiger partial charge in [0, 0.05) is 24.5 Å². The third-order valence-corrected chi connectivity index (χ3v) is 11.5. The van der Waals surface area contributed by atoms with Crippen molar-refractivity contribution in [3.63, 3.8) is 0 Å². The molecule has 2 saturated heterocycles. The van der Waals surface area contributed by atoms with Gasteiger partial charge in [0.25, 0.3) is 0 Å². The summed E-state index contributed by atoms with van der Waals surface area (Å²) in [5.41, 5.74) is 9.70. The number of nitrogens with zero attached hydrogens (tertiary/aromatic N) is 3. The van der Waals surface area contributed by atoms with Crippen LogP contribution in [0.2, 0.25) is 0 Å². The molecule has 0 aliphatic carbocycles. The molecule has 5 rings (SSSR count). The summed E-state index contributed by atoms with van der Waals surface area (Å²) in [5, 5.41) is 0. The van der Waals surface area contributed by atoms with E-state index in [1.54, 1.807) is 0 Å². The summed E-state index contributed by atoms with van der Waals surface area (Å²) in [6, 6.07) is 21.7. The van der Waals surface area contributed by atoms with Gasteiger partial charge in [0.2, 0.25) is 0 Å². The molecule has 0 spiro atoms. The molecular formula is C41H59Cl3N3ORu-. The van der Waals surface area contributed by atoms with Crippen LogP contribution in [-0.2, 0) is 13.5 Å². The van der Waals surface area contributed by atoms with Gasteiger partial charge in [-0.1, -0.05) is 91.8 Å². The molecule has 0 unspecified atom stereocenters. The van der Waals surface area contributed by atoms with Crippen LogP contribution < -0.4 is 26.9 Å². The first-order valence-corrected chi connectivity index (χ1v) is 23.2. The largest absolute Gasteiger partial charge is 1.00 e. The monoisotopic (exact) mass is 816 g/mol. The zero-order valence-corrected chi connectivity index (χ0v) is 35.3. The van der Waals surface area contributed by atoms with Gasteiger partial charge < -0.3 is 22.2 Å². The molecule has 3 aromatic rings. The maximum absolute atomic E-state index is 6.15. The normalized spacial score (nSPS) is 16.5.